The highest BCUT2D eigenvalue weighted by atomic mass is 16.5. The lowest BCUT2D eigenvalue weighted by atomic mass is 9.76. The van der Waals surface area contributed by atoms with Gasteiger partial charge in [-0.15, -0.1) is 0 Å². The first-order chi connectivity index (χ1) is 5.55. The van der Waals surface area contributed by atoms with Gasteiger partial charge in [0.1, 0.15) is 0 Å². The molecule has 1 aliphatic rings. The minimum absolute atomic E-state index is 0.285. The van der Waals surface area contributed by atoms with Crippen LogP contribution >= 0.6 is 0 Å². The van der Waals surface area contributed by atoms with Gasteiger partial charge in [-0.05, 0) is 11.3 Å². The molecule has 0 amide bonds. The number of nitrogens with one attached hydrogen (secondary N) is 1. The van der Waals surface area contributed by atoms with Gasteiger partial charge in [-0.1, -0.05) is 27.7 Å². The number of rotatable bonds is 2. The molecule has 1 fully saturated rings. The Morgan fingerprint density at radius 2 is 2.08 bits per heavy atom. The molecule has 0 saturated carbocycles. The highest BCUT2D eigenvalue weighted by Crippen LogP contribution is 2.32. The topological polar surface area (TPSA) is 21.3 Å². The van der Waals surface area contributed by atoms with Crippen molar-refractivity contribution in [2.24, 2.45) is 11.3 Å². The van der Waals surface area contributed by atoms with Crippen molar-refractivity contribution in [3.05, 3.63) is 0 Å². The van der Waals surface area contributed by atoms with E-state index in [2.05, 4.69) is 33.0 Å². The molecule has 0 spiro atoms. The van der Waals surface area contributed by atoms with E-state index in [0.717, 1.165) is 19.7 Å². The smallest absolute Gasteiger partial charge is 0.0753 e. The zero-order chi connectivity index (χ0) is 9.19. The maximum Gasteiger partial charge on any atom is 0.0753 e. The highest BCUT2D eigenvalue weighted by Gasteiger charge is 2.34. The Hall–Kier alpha value is -0.0800. The second kappa shape index (κ2) is 3.75. The fourth-order valence-electron chi connectivity index (χ4n) is 1.42. The summed E-state index contributed by atoms with van der Waals surface area (Å²) in [7, 11) is 0. The molecule has 0 aromatic heterocycles. The minimum Gasteiger partial charge on any atom is -0.375 e. The maximum atomic E-state index is 5.74. The summed E-state index contributed by atoms with van der Waals surface area (Å²) in [4.78, 5) is 0. The van der Waals surface area contributed by atoms with E-state index in [1.165, 1.54) is 0 Å². The van der Waals surface area contributed by atoms with Crippen molar-refractivity contribution in [2.75, 3.05) is 19.7 Å². The largest absolute Gasteiger partial charge is 0.375 e. The van der Waals surface area contributed by atoms with E-state index in [1.807, 2.05) is 0 Å². The Morgan fingerprint density at radius 3 is 2.50 bits per heavy atom. The molecule has 2 nitrogen and oxygen atoms in total. The Morgan fingerprint density at radius 1 is 1.42 bits per heavy atom. The highest BCUT2D eigenvalue weighted by molar-refractivity contribution is 4.85. The van der Waals surface area contributed by atoms with Gasteiger partial charge in [0.05, 0.1) is 12.7 Å². The van der Waals surface area contributed by atoms with Gasteiger partial charge in [-0.2, -0.15) is 0 Å². The number of hydrogen-bond donors (Lipinski definition) is 1. The van der Waals surface area contributed by atoms with Crippen LogP contribution in [0.3, 0.4) is 0 Å². The maximum absolute atomic E-state index is 5.74. The van der Waals surface area contributed by atoms with E-state index in [4.69, 9.17) is 4.74 Å². The molecule has 2 heteroatoms. The minimum atomic E-state index is 0.285. The molecular formula is C10H21NO. The normalized spacial score (nSPS) is 26.2. The van der Waals surface area contributed by atoms with Crippen LogP contribution in [0.2, 0.25) is 0 Å². The molecule has 1 rings (SSSR count). The van der Waals surface area contributed by atoms with Crippen molar-refractivity contribution < 1.29 is 4.74 Å². The van der Waals surface area contributed by atoms with E-state index < -0.39 is 0 Å². The lowest BCUT2D eigenvalue weighted by Crippen LogP contribution is -2.48. The molecule has 0 aliphatic carbocycles. The zero-order valence-corrected chi connectivity index (χ0v) is 8.68. The van der Waals surface area contributed by atoms with E-state index >= 15 is 0 Å². The second-order valence-electron chi connectivity index (χ2n) is 4.54. The molecule has 0 radical (unpaired) electrons. The van der Waals surface area contributed by atoms with Crippen LogP contribution in [0, 0.1) is 11.3 Å². The van der Waals surface area contributed by atoms with Crippen molar-refractivity contribution in [3.63, 3.8) is 0 Å². The predicted molar refractivity (Wildman–Crippen MR) is 51.2 cm³/mol. The Balaban J connectivity index is 2.53. The van der Waals surface area contributed by atoms with Crippen LogP contribution in [0.15, 0.2) is 0 Å². The summed E-state index contributed by atoms with van der Waals surface area (Å²) in [5.41, 5.74) is 0.285. The van der Waals surface area contributed by atoms with Gasteiger partial charge in [-0.3, -0.25) is 0 Å². The molecule has 1 aliphatic heterocycles. The van der Waals surface area contributed by atoms with Crippen molar-refractivity contribution >= 4 is 0 Å². The summed E-state index contributed by atoms with van der Waals surface area (Å²) in [6.07, 6.45) is 0.381. The standard InChI is InChI=1S/C10H21NO/c1-8(2)10(3,4)9-7-11-5-6-12-9/h8-9,11H,5-7H2,1-4H3. The van der Waals surface area contributed by atoms with Gasteiger partial charge in [0.25, 0.3) is 0 Å². The molecule has 0 aromatic rings. The first-order valence-electron chi connectivity index (χ1n) is 4.87. The van der Waals surface area contributed by atoms with E-state index in [-0.39, 0.29) is 5.41 Å². The fraction of sp³-hybridized carbons (Fsp3) is 1.00. The van der Waals surface area contributed by atoms with E-state index in [9.17, 15) is 0 Å². The third-order valence-electron chi connectivity index (χ3n) is 3.25. The zero-order valence-electron chi connectivity index (χ0n) is 8.68. The van der Waals surface area contributed by atoms with Crippen molar-refractivity contribution in [1.29, 1.82) is 0 Å². The molecule has 1 saturated heterocycles. The van der Waals surface area contributed by atoms with Crippen molar-refractivity contribution in [2.45, 2.75) is 33.8 Å². The summed E-state index contributed by atoms with van der Waals surface area (Å²) in [5.74, 6) is 0.669. The molecule has 0 aromatic carbocycles. The molecular weight excluding hydrogens is 150 g/mol. The lowest BCUT2D eigenvalue weighted by molar-refractivity contribution is -0.0619. The van der Waals surface area contributed by atoms with Crippen LogP contribution in [-0.4, -0.2) is 25.8 Å². The van der Waals surface area contributed by atoms with E-state index in [0.29, 0.717) is 12.0 Å². The molecule has 72 valence electrons. The van der Waals surface area contributed by atoms with Gasteiger partial charge in [-0.25, -0.2) is 0 Å². The number of ether oxygens (including phenoxy) is 1. The number of hydrogen-bond acceptors (Lipinski definition) is 2. The Bertz CT molecular complexity index is 137. The monoisotopic (exact) mass is 171 g/mol. The van der Waals surface area contributed by atoms with E-state index in [1.54, 1.807) is 0 Å². The summed E-state index contributed by atoms with van der Waals surface area (Å²) in [6, 6.07) is 0. The van der Waals surface area contributed by atoms with Crippen LogP contribution in [0.4, 0.5) is 0 Å². The van der Waals surface area contributed by atoms with Gasteiger partial charge < -0.3 is 10.1 Å². The van der Waals surface area contributed by atoms with Crippen LogP contribution in [0.25, 0.3) is 0 Å². The van der Waals surface area contributed by atoms with Crippen molar-refractivity contribution in [3.8, 4) is 0 Å². The fourth-order valence-corrected chi connectivity index (χ4v) is 1.42. The predicted octanol–water partition coefficient (Wildman–Crippen LogP) is 1.66. The summed E-state index contributed by atoms with van der Waals surface area (Å²) in [6.45, 7) is 12.0. The van der Waals surface area contributed by atoms with Crippen LogP contribution < -0.4 is 5.32 Å². The molecule has 0 bridgehead atoms. The number of morpholine rings is 1. The summed E-state index contributed by atoms with van der Waals surface area (Å²) < 4.78 is 5.74. The van der Waals surface area contributed by atoms with Gasteiger partial charge in [0, 0.05) is 13.1 Å². The lowest BCUT2D eigenvalue weighted by Gasteiger charge is -2.40. The van der Waals surface area contributed by atoms with Gasteiger partial charge in [0.2, 0.25) is 0 Å². The summed E-state index contributed by atoms with van der Waals surface area (Å²) >= 11 is 0. The Labute approximate surface area is 75.7 Å². The molecule has 1 atom stereocenters. The first kappa shape index (κ1) is 10.0. The molecule has 1 N–H and O–H groups in total. The van der Waals surface area contributed by atoms with Gasteiger partial charge in [0.15, 0.2) is 0 Å². The van der Waals surface area contributed by atoms with Crippen molar-refractivity contribution in [1.82, 2.24) is 5.32 Å². The average Bonchev–Trinajstić information content (AvgIpc) is 2.06. The molecule has 1 unspecified atom stereocenters. The SMILES string of the molecule is CC(C)C(C)(C)C1CNCCO1. The molecule has 12 heavy (non-hydrogen) atoms. The average molecular weight is 171 g/mol. The summed E-state index contributed by atoms with van der Waals surface area (Å²) in [5, 5.41) is 3.37. The van der Waals surface area contributed by atoms with Crippen LogP contribution in [-0.2, 0) is 4.74 Å². The molecule has 1 heterocycles. The third-order valence-corrected chi connectivity index (χ3v) is 3.25. The Kier molecular flexibility index (Phi) is 3.13. The van der Waals surface area contributed by atoms with Crippen LogP contribution in [0.5, 0.6) is 0 Å². The third kappa shape index (κ3) is 1.99. The quantitative estimate of drug-likeness (QED) is 0.682. The van der Waals surface area contributed by atoms with Gasteiger partial charge >= 0.3 is 0 Å². The second-order valence-corrected chi connectivity index (χ2v) is 4.54. The van der Waals surface area contributed by atoms with Crippen LogP contribution in [0.1, 0.15) is 27.7 Å². The first-order valence-corrected chi connectivity index (χ1v) is 4.87.